The Morgan fingerprint density at radius 2 is 2.06 bits per heavy atom. The van der Waals surface area contributed by atoms with E-state index >= 15 is 0 Å². The minimum absolute atomic E-state index is 0.00991. The molecule has 92 valence electrons. The van der Waals surface area contributed by atoms with Gasteiger partial charge in [0.05, 0.1) is 6.54 Å². The zero-order valence-corrected chi connectivity index (χ0v) is 9.82. The molecular weight excluding hydrogens is 206 g/mol. The number of nitrogens with two attached hydrogens (primary N) is 2. The number of carbonyl (C=O) groups excluding carboxylic acids is 2. The molecule has 0 aliphatic heterocycles. The zero-order chi connectivity index (χ0) is 12.1. The molecule has 1 fully saturated rings. The molecule has 5 heteroatoms. The highest BCUT2D eigenvalue weighted by Crippen LogP contribution is 2.32. The van der Waals surface area contributed by atoms with Crippen LogP contribution in [0.15, 0.2) is 0 Å². The SMILES string of the molecule is CCN(CC(N)=O)C(=O)C1CCCC1CN. The quantitative estimate of drug-likeness (QED) is 0.675. The second kappa shape index (κ2) is 5.84. The molecule has 2 unspecified atom stereocenters. The van der Waals surface area contributed by atoms with Crippen LogP contribution in [0.25, 0.3) is 0 Å². The van der Waals surface area contributed by atoms with Crippen LogP contribution in [0, 0.1) is 11.8 Å². The van der Waals surface area contributed by atoms with Crippen LogP contribution in [0.1, 0.15) is 26.2 Å². The molecule has 1 aliphatic rings. The summed E-state index contributed by atoms with van der Waals surface area (Å²) in [6.45, 7) is 2.94. The highest BCUT2D eigenvalue weighted by Gasteiger charge is 2.34. The van der Waals surface area contributed by atoms with Crippen LogP contribution < -0.4 is 11.5 Å². The number of rotatable bonds is 5. The summed E-state index contributed by atoms with van der Waals surface area (Å²) in [6, 6.07) is 0. The molecule has 0 aromatic heterocycles. The molecular formula is C11H21N3O2. The van der Waals surface area contributed by atoms with Crippen LogP contribution in [0.2, 0.25) is 0 Å². The minimum atomic E-state index is -0.461. The summed E-state index contributed by atoms with van der Waals surface area (Å²) in [5.74, 6) is -0.162. The van der Waals surface area contributed by atoms with Crippen molar-refractivity contribution in [3.63, 3.8) is 0 Å². The van der Waals surface area contributed by atoms with Crippen LogP contribution >= 0.6 is 0 Å². The van der Waals surface area contributed by atoms with E-state index in [0.29, 0.717) is 13.1 Å². The number of hydrogen-bond donors (Lipinski definition) is 2. The first kappa shape index (κ1) is 13.0. The van der Waals surface area contributed by atoms with Crippen LogP contribution in [0.3, 0.4) is 0 Å². The molecule has 0 bridgehead atoms. The van der Waals surface area contributed by atoms with Crippen molar-refractivity contribution >= 4 is 11.8 Å². The van der Waals surface area contributed by atoms with Gasteiger partial charge in [0.1, 0.15) is 0 Å². The molecule has 16 heavy (non-hydrogen) atoms. The number of primary amides is 1. The Kier molecular flexibility index (Phi) is 4.73. The van der Waals surface area contributed by atoms with E-state index in [2.05, 4.69) is 0 Å². The van der Waals surface area contributed by atoms with Crippen molar-refractivity contribution in [3.8, 4) is 0 Å². The first-order valence-electron chi connectivity index (χ1n) is 5.87. The molecule has 0 aromatic carbocycles. The highest BCUT2D eigenvalue weighted by atomic mass is 16.2. The third-order valence-corrected chi connectivity index (χ3v) is 3.32. The maximum Gasteiger partial charge on any atom is 0.237 e. The Morgan fingerprint density at radius 3 is 2.56 bits per heavy atom. The molecule has 5 nitrogen and oxygen atoms in total. The number of likely N-dealkylation sites (N-methyl/N-ethyl adjacent to an activating group) is 1. The molecule has 2 amide bonds. The predicted molar refractivity (Wildman–Crippen MR) is 61.3 cm³/mol. The summed E-state index contributed by atoms with van der Waals surface area (Å²) in [4.78, 5) is 24.5. The van der Waals surface area contributed by atoms with E-state index in [0.717, 1.165) is 19.3 Å². The van der Waals surface area contributed by atoms with E-state index in [4.69, 9.17) is 11.5 Å². The summed E-state index contributed by atoms with van der Waals surface area (Å²) < 4.78 is 0. The van der Waals surface area contributed by atoms with Gasteiger partial charge in [0.15, 0.2) is 0 Å². The molecule has 1 saturated carbocycles. The molecule has 0 spiro atoms. The number of hydrogen-bond acceptors (Lipinski definition) is 3. The van der Waals surface area contributed by atoms with Crippen LogP contribution in [-0.4, -0.2) is 36.3 Å². The van der Waals surface area contributed by atoms with Crippen molar-refractivity contribution in [2.24, 2.45) is 23.3 Å². The lowest BCUT2D eigenvalue weighted by Gasteiger charge is -2.25. The molecule has 4 N–H and O–H groups in total. The Hall–Kier alpha value is -1.10. The normalized spacial score (nSPS) is 24.4. The Bertz CT molecular complexity index is 268. The Labute approximate surface area is 96.1 Å². The minimum Gasteiger partial charge on any atom is -0.368 e. The zero-order valence-electron chi connectivity index (χ0n) is 9.82. The first-order valence-corrected chi connectivity index (χ1v) is 5.87. The van der Waals surface area contributed by atoms with Crippen molar-refractivity contribution in [2.75, 3.05) is 19.6 Å². The van der Waals surface area contributed by atoms with Gasteiger partial charge in [-0.3, -0.25) is 9.59 Å². The van der Waals surface area contributed by atoms with E-state index < -0.39 is 5.91 Å². The lowest BCUT2D eigenvalue weighted by molar-refractivity contribution is -0.139. The largest absolute Gasteiger partial charge is 0.368 e. The smallest absolute Gasteiger partial charge is 0.237 e. The van der Waals surface area contributed by atoms with Crippen molar-refractivity contribution in [1.82, 2.24) is 4.90 Å². The van der Waals surface area contributed by atoms with E-state index in [1.165, 1.54) is 4.90 Å². The fraction of sp³-hybridized carbons (Fsp3) is 0.818. The fourth-order valence-electron chi connectivity index (χ4n) is 2.41. The lowest BCUT2D eigenvalue weighted by atomic mass is 9.94. The molecule has 2 atom stereocenters. The third-order valence-electron chi connectivity index (χ3n) is 3.32. The second-order valence-corrected chi connectivity index (χ2v) is 4.35. The molecule has 1 aliphatic carbocycles. The summed E-state index contributed by atoms with van der Waals surface area (Å²) in [5.41, 5.74) is 10.8. The lowest BCUT2D eigenvalue weighted by Crippen LogP contribution is -2.43. The van der Waals surface area contributed by atoms with Gasteiger partial charge in [0, 0.05) is 12.5 Å². The van der Waals surface area contributed by atoms with Gasteiger partial charge in [-0.2, -0.15) is 0 Å². The van der Waals surface area contributed by atoms with Crippen molar-refractivity contribution in [2.45, 2.75) is 26.2 Å². The monoisotopic (exact) mass is 227 g/mol. The van der Waals surface area contributed by atoms with Gasteiger partial charge in [-0.05, 0) is 32.2 Å². The average Bonchev–Trinajstić information content (AvgIpc) is 2.72. The number of amides is 2. The second-order valence-electron chi connectivity index (χ2n) is 4.35. The summed E-state index contributed by atoms with van der Waals surface area (Å²) >= 11 is 0. The van der Waals surface area contributed by atoms with Crippen molar-refractivity contribution < 1.29 is 9.59 Å². The van der Waals surface area contributed by atoms with E-state index in [-0.39, 0.29) is 24.3 Å². The number of nitrogens with zero attached hydrogens (tertiary/aromatic N) is 1. The Balaban J connectivity index is 2.63. The van der Waals surface area contributed by atoms with E-state index in [1.54, 1.807) is 0 Å². The van der Waals surface area contributed by atoms with Crippen LogP contribution in [0.5, 0.6) is 0 Å². The third kappa shape index (κ3) is 2.95. The predicted octanol–water partition coefficient (Wildman–Crippen LogP) is -0.305. The molecule has 0 saturated heterocycles. The Morgan fingerprint density at radius 1 is 1.38 bits per heavy atom. The van der Waals surface area contributed by atoms with Gasteiger partial charge in [-0.15, -0.1) is 0 Å². The van der Waals surface area contributed by atoms with Gasteiger partial charge in [0.2, 0.25) is 11.8 Å². The molecule has 1 rings (SSSR count). The molecule has 0 radical (unpaired) electrons. The van der Waals surface area contributed by atoms with Gasteiger partial charge in [-0.25, -0.2) is 0 Å². The topological polar surface area (TPSA) is 89.4 Å². The maximum atomic E-state index is 12.1. The number of carbonyl (C=O) groups is 2. The van der Waals surface area contributed by atoms with Crippen molar-refractivity contribution in [1.29, 1.82) is 0 Å². The average molecular weight is 227 g/mol. The standard InChI is InChI=1S/C11H21N3O2/c1-2-14(7-10(13)15)11(16)9-5-3-4-8(9)6-12/h8-9H,2-7,12H2,1H3,(H2,13,15). The van der Waals surface area contributed by atoms with Gasteiger partial charge < -0.3 is 16.4 Å². The van der Waals surface area contributed by atoms with Crippen LogP contribution in [-0.2, 0) is 9.59 Å². The van der Waals surface area contributed by atoms with Crippen LogP contribution in [0.4, 0.5) is 0 Å². The summed E-state index contributed by atoms with van der Waals surface area (Å²) in [5, 5.41) is 0. The van der Waals surface area contributed by atoms with Gasteiger partial charge in [-0.1, -0.05) is 6.42 Å². The maximum absolute atomic E-state index is 12.1. The van der Waals surface area contributed by atoms with E-state index in [9.17, 15) is 9.59 Å². The molecule has 0 aromatic rings. The fourth-order valence-corrected chi connectivity index (χ4v) is 2.41. The van der Waals surface area contributed by atoms with Gasteiger partial charge >= 0.3 is 0 Å². The van der Waals surface area contributed by atoms with E-state index in [1.807, 2.05) is 6.92 Å². The van der Waals surface area contributed by atoms with Gasteiger partial charge in [0.25, 0.3) is 0 Å². The summed E-state index contributed by atoms with van der Waals surface area (Å²) in [6.07, 6.45) is 2.95. The summed E-state index contributed by atoms with van der Waals surface area (Å²) in [7, 11) is 0. The molecule has 0 heterocycles. The first-order chi connectivity index (χ1) is 7.60. The van der Waals surface area contributed by atoms with Crippen molar-refractivity contribution in [3.05, 3.63) is 0 Å². The highest BCUT2D eigenvalue weighted by molar-refractivity contribution is 5.85.